The molecule has 0 aliphatic heterocycles. The summed E-state index contributed by atoms with van der Waals surface area (Å²) in [5, 5.41) is 0. The molecule has 0 aromatic heterocycles. The van der Waals surface area contributed by atoms with Gasteiger partial charge in [0.25, 0.3) is 0 Å². The van der Waals surface area contributed by atoms with Crippen molar-refractivity contribution in [2.45, 2.75) is 135 Å². The van der Waals surface area contributed by atoms with Crippen molar-refractivity contribution in [1.29, 1.82) is 0 Å². The maximum atomic E-state index is 13.5. The predicted octanol–water partition coefficient (Wildman–Crippen LogP) is 13.7. The van der Waals surface area contributed by atoms with Crippen LogP contribution < -0.4 is 23.7 Å². The van der Waals surface area contributed by atoms with Gasteiger partial charge in [0.15, 0.2) is 17.3 Å². The summed E-state index contributed by atoms with van der Waals surface area (Å²) in [6.07, 6.45) is 25.6. The van der Waals surface area contributed by atoms with Gasteiger partial charge >= 0.3 is 29.8 Å². The average molecular weight is 1020 g/mol. The van der Waals surface area contributed by atoms with Crippen LogP contribution in [0.2, 0.25) is 0 Å². The van der Waals surface area contributed by atoms with Gasteiger partial charge in [-0.2, -0.15) is 0 Å². The number of unbranched alkanes of at least 4 members (excludes halogenated alkanes) is 18. The van der Waals surface area contributed by atoms with E-state index in [1.165, 1.54) is 87.8 Å². The van der Waals surface area contributed by atoms with Gasteiger partial charge in [-0.1, -0.05) is 135 Å². The molecule has 0 bridgehead atoms. The first-order chi connectivity index (χ1) is 36.1. The number of allylic oxidation sites excluding steroid dienone is 1. The summed E-state index contributed by atoms with van der Waals surface area (Å²) in [5.74, 6) is -2.02. The monoisotopic (exact) mass is 1010 g/mol. The van der Waals surface area contributed by atoms with E-state index in [4.69, 9.17) is 33.2 Å². The lowest BCUT2D eigenvalue weighted by molar-refractivity contribution is -0.138. The molecular formula is C61H74O13. The third-order valence-electron chi connectivity index (χ3n) is 11.9. The largest absolute Gasteiger partial charge is 0.494 e. The van der Waals surface area contributed by atoms with Gasteiger partial charge in [0, 0.05) is 24.6 Å². The molecule has 0 atom stereocenters. The lowest BCUT2D eigenvalue weighted by Crippen LogP contribution is -2.13. The second kappa shape index (κ2) is 35.8. The van der Waals surface area contributed by atoms with Crippen molar-refractivity contribution in [3.63, 3.8) is 0 Å². The fourth-order valence-corrected chi connectivity index (χ4v) is 7.69. The summed E-state index contributed by atoms with van der Waals surface area (Å²) < 4.78 is 39.1. The first kappa shape index (κ1) is 59.3. The fraction of sp³-hybridized carbons (Fsp3) is 0.410. The highest BCUT2D eigenvalue weighted by Gasteiger charge is 2.20. The minimum atomic E-state index is -0.744. The minimum Gasteiger partial charge on any atom is -0.494 e. The van der Waals surface area contributed by atoms with E-state index in [1.807, 2.05) is 0 Å². The number of esters is 5. The van der Waals surface area contributed by atoms with Crippen molar-refractivity contribution in [1.82, 2.24) is 0 Å². The van der Waals surface area contributed by atoms with E-state index < -0.39 is 17.9 Å². The molecule has 0 amide bonds. The molecule has 0 heterocycles. The van der Waals surface area contributed by atoms with Crippen LogP contribution in [0.15, 0.2) is 129 Å². The Morgan fingerprint density at radius 3 is 1.08 bits per heavy atom. The molecule has 0 unspecified atom stereocenters. The third-order valence-corrected chi connectivity index (χ3v) is 11.9. The van der Waals surface area contributed by atoms with Crippen LogP contribution in [0.3, 0.4) is 0 Å². The van der Waals surface area contributed by atoms with Gasteiger partial charge in [0.05, 0.1) is 43.1 Å². The van der Waals surface area contributed by atoms with Crippen molar-refractivity contribution in [3.05, 3.63) is 151 Å². The Morgan fingerprint density at radius 1 is 0.351 bits per heavy atom. The van der Waals surface area contributed by atoms with Crippen molar-refractivity contribution in [2.24, 2.45) is 0 Å². The average Bonchev–Trinajstić information content (AvgIpc) is 3.41. The lowest BCUT2D eigenvalue weighted by atomic mass is 10.1. The molecule has 4 aromatic carbocycles. The van der Waals surface area contributed by atoms with E-state index in [-0.39, 0.29) is 58.1 Å². The number of carbonyl (C=O) groups excluding carboxylic acids is 6. The Morgan fingerprint density at radius 2 is 0.689 bits per heavy atom. The first-order valence-electron chi connectivity index (χ1n) is 26.2. The van der Waals surface area contributed by atoms with E-state index in [9.17, 15) is 28.8 Å². The van der Waals surface area contributed by atoms with Crippen LogP contribution in [0.1, 0.15) is 165 Å². The third kappa shape index (κ3) is 24.4. The molecular weight excluding hydrogens is 941 g/mol. The number of hydrogen-bond acceptors (Lipinski definition) is 13. The van der Waals surface area contributed by atoms with Crippen molar-refractivity contribution >= 4 is 35.6 Å². The van der Waals surface area contributed by atoms with Crippen LogP contribution in [0.25, 0.3) is 0 Å². The molecule has 0 aliphatic carbocycles. The molecule has 0 aliphatic rings. The van der Waals surface area contributed by atoms with Crippen LogP contribution in [-0.4, -0.2) is 62.1 Å². The summed E-state index contributed by atoms with van der Waals surface area (Å²) in [7, 11) is 0. The zero-order chi connectivity index (χ0) is 53.0. The Bertz CT molecular complexity index is 2370. The van der Waals surface area contributed by atoms with E-state index in [1.54, 1.807) is 72.8 Å². The van der Waals surface area contributed by atoms with Crippen LogP contribution in [0, 0.1) is 0 Å². The summed E-state index contributed by atoms with van der Waals surface area (Å²) in [6, 6.07) is 23.6. The van der Waals surface area contributed by atoms with Crippen molar-refractivity contribution < 1.29 is 61.9 Å². The highest BCUT2D eigenvalue weighted by molar-refractivity contribution is 5.94. The Labute approximate surface area is 437 Å². The zero-order valence-electron chi connectivity index (χ0n) is 43.0. The van der Waals surface area contributed by atoms with Crippen LogP contribution in [0.4, 0.5) is 0 Å². The summed E-state index contributed by atoms with van der Waals surface area (Å²) in [5.41, 5.74) is 1.38. The number of carbonyl (C=O) groups is 6. The Kier molecular flexibility index (Phi) is 28.7. The topological polar surface area (TPSA) is 167 Å². The summed E-state index contributed by atoms with van der Waals surface area (Å²) in [4.78, 5) is 74.1. The molecule has 13 heteroatoms. The quantitative estimate of drug-likeness (QED) is 0.0179. The predicted molar refractivity (Wildman–Crippen MR) is 285 cm³/mol. The molecule has 0 saturated heterocycles. The Hall–Kier alpha value is -7.28. The molecule has 0 spiro atoms. The number of ether oxygens (including phenoxy) is 7. The summed E-state index contributed by atoms with van der Waals surface area (Å²) >= 11 is 0. The first-order valence-corrected chi connectivity index (χ1v) is 26.2. The van der Waals surface area contributed by atoms with Gasteiger partial charge in [-0.05, 0) is 110 Å². The number of ketones is 1. The smallest absolute Gasteiger partial charge is 0.343 e. The van der Waals surface area contributed by atoms with Crippen LogP contribution >= 0.6 is 0 Å². The van der Waals surface area contributed by atoms with Crippen molar-refractivity contribution in [3.8, 4) is 28.7 Å². The zero-order valence-corrected chi connectivity index (χ0v) is 43.0. The van der Waals surface area contributed by atoms with Crippen LogP contribution in [0.5, 0.6) is 28.7 Å². The minimum absolute atomic E-state index is 0.0279. The normalized spacial score (nSPS) is 10.6. The maximum absolute atomic E-state index is 13.5. The second-order valence-corrected chi connectivity index (χ2v) is 17.9. The molecule has 0 fully saturated rings. The maximum Gasteiger partial charge on any atom is 0.343 e. The molecule has 74 heavy (non-hydrogen) atoms. The fourth-order valence-electron chi connectivity index (χ4n) is 7.69. The number of hydrogen-bond donors (Lipinski definition) is 0. The van der Waals surface area contributed by atoms with Gasteiger partial charge in [-0.25, -0.2) is 24.0 Å². The van der Waals surface area contributed by atoms with Gasteiger partial charge in [-0.3, -0.25) is 4.79 Å². The highest BCUT2D eigenvalue weighted by atomic mass is 16.6. The molecule has 0 saturated carbocycles. The van der Waals surface area contributed by atoms with Gasteiger partial charge in [-0.15, -0.1) is 0 Å². The van der Waals surface area contributed by atoms with E-state index in [2.05, 4.69) is 19.7 Å². The lowest BCUT2D eigenvalue weighted by Gasteiger charge is -2.13. The molecule has 0 radical (unpaired) electrons. The van der Waals surface area contributed by atoms with Gasteiger partial charge < -0.3 is 33.2 Å². The Balaban J connectivity index is 1.24. The summed E-state index contributed by atoms with van der Waals surface area (Å²) in [6.45, 7) is 12.3. The van der Waals surface area contributed by atoms with E-state index in [0.29, 0.717) is 43.5 Å². The number of rotatable bonds is 39. The van der Waals surface area contributed by atoms with Crippen LogP contribution in [-0.2, 0) is 30.3 Å². The van der Waals surface area contributed by atoms with E-state index >= 15 is 0 Å². The molecule has 4 rings (SSSR count). The van der Waals surface area contributed by atoms with Crippen molar-refractivity contribution in [2.75, 3.05) is 26.4 Å². The highest BCUT2D eigenvalue weighted by Crippen LogP contribution is 2.34. The van der Waals surface area contributed by atoms with Gasteiger partial charge in [0.1, 0.15) is 17.2 Å². The molecule has 0 N–H and O–H groups in total. The molecule has 4 aromatic rings. The standard InChI is InChI=1S/C61H74O13/c1-4-51(62)45-47-27-29-48(30-28-47)59(65)72-54-39-40-55(73-60(66)49-31-35-52(36-32-49)68-41-23-19-15-11-7-9-13-17-21-25-43-70-57(63)5-2)56(46-54)74-61(67)50-33-37-53(38-34-50)69-42-24-20-16-12-8-10-14-18-22-26-44-71-58(64)6-3/h4-6,27-40,46H,1-3,7-26,41-45H2. The van der Waals surface area contributed by atoms with Gasteiger partial charge in [0.2, 0.25) is 0 Å². The second-order valence-electron chi connectivity index (χ2n) is 17.9. The molecule has 396 valence electrons. The number of benzene rings is 4. The SMILES string of the molecule is C=CC(=O)Cc1ccc(C(=O)Oc2ccc(OC(=O)c3ccc(OCCCCCCCCCCCCOC(=O)C=C)cc3)c(OC(=O)c3ccc(OCCCCCCCCCCCCOC(=O)C=C)cc3)c2)cc1. The van der Waals surface area contributed by atoms with E-state index in [0.717, 1.165) is 77.0 Å². The molecule has 13 nitrogen and oxygen atoms in total.